The van der Waals surface area contributed by atoms with E-state index in [1.807, 2.05) is 24.3 Å². The van der Waals surface area contributed by atoms with E-state index >= 15 is 0 Å². The lowest BCUT2D eigenvalue weighted by atomic mass is 10.2. The molecule has 114 valence electrons. The molecule has 1 aromatic carbocycles. The standard InChI is InChI=1S/C17H18N2O3/c1-11-15(8-9-22-11)17(21)18-10-12-2-6-14(7-3-12)19-16(20)13-4-5-13/h2-3,6-9,13H,4-5,10H2,1H3,(H,18,21)(H,19,20). The minimum atomic E-state index is -0.155. The molecule has 0 spiro atoms. The Morgan fingerprint density at radius 3 is 2.50 bits per heavy atom. The number of amides is 2. The molecule has 2 aromatic rings. The summed E-state index contributed by atoms with van der Waals surface area (Å²) in [4.78, 5) is 23.6. The summed E-state index contributed by atoms with van der Waals surface area (Å²) >= 11 is 0. The van der Waals surface area contributed by atoms with Gasteiger partial charge in [-0.2, -0.15) is 0 Å². The van der Waals surface area contributed by atoms with Gasteiger partial charge < -0.3 is 15.1 Å². The van der Waals surface area contributed by atoms with Crippen LogP contribution < -0.4 is 10.6 Å². The SMILES string of the molecule is Cc1occc1C(=O)NCc1ccc(NC(=O)C2CC2)cc1. The van der Waals surface area contributed by atoms with Crippen molar-refractivity contribution >= 4 is 17.5 Å². The lowest BCUT2D eigenvalue weighted by Crippen LogP contribution is -2.23. The van der Waals surface area contributed by atoms with Gasteiger partial charge in [0.1, 0.15) is 5.76 Å². The number of furan rings is 1. The molecule has 2 N–H and O–H groups in total. The van der Waals surface area contributed by atoms with Gasteiger partial charge >= 0.3 is 0 Å². The predicted molar refractivity (Wildman–Crippen MR) is 82.4 cm³/mol. The molecular weight excluding hydrogens is 280 g/mol. The molecule has 1 heterocycles. The summed E-state index contributed by atoms with van der Waals surface area (Å²) in [6.07, 6.45) is 3.48. The van der Waals surface area contributed by atoms with Gasteiger partial charge in [0.25, 0.3) is 5.91 Å². The van der Waals surface area contributed by atoms with Crippen LogP contribution in [-0.4, -0.2) is 11.8 Å². The summed E-state index contributed by atoms with van der Waals surface area (Å²) in [5, 5.41) is 5.73. The number of carbonyl (C=O) groups is 2. The van der Waals surface area contributed by atoms with Crippen LogP contribution in [0.2, 0.25) is 0 Å². The molecule has 0 aliphatic heterocycles. The summed E-state index contributed by atoms with van der Waals surface area (Å²) in [6.45, 7) is 2.19. The van der Waals surface area contributed by atoms with Crippen molar-refractivity contribution in [2.45, 2.75) is 26.3 Å². The molecule has 22 heavy (non-hydrogen) atoms. The Labute approximate surface area is 128 Å². The molecule has 0 bridgehead atoms. The van der Waals surface area contributed by atoms with Gasteiger partial charge in [0, 0.05) is 18.2 Å². The molecule has 1 aromatic heterocycles. The fraction of sp³-hybridized carbons (Fsp3) is 0.294. The number of aryl methyl sites for hydroxylation is 1. The summed E-state index contributed by atoms with van der Waals surface area (Å²) in [7, 11) is 0. The number of nitrogens with one attached hydrogen (secondary N) is 2. The largest absolute Gasteiger partial charge is 0.469 e. The predicted octanol–water partition coefficient (Wildman–Crippen LogP) is 2.87. The third kappa shape index (κ3) is 3.36. The van der Waals surface area contributed by atoms with Gasteiger partial charge in [-0.1, -0.05) is 12.1 Å². The third-order valence-corrected chi connectivity index (χ3v) is 3.73. The van der Waals surface area contributed by atoms with E-state index < -0.39 is 0 Å². The quantitative estimate of drug-likeness (QED) is 0.891. The molecule has 1 fully saturated rings. The molecule has 3 rings (SSSR count). The van der Waals surface area contributed by atoms with Crippen molar-refractivity contribution in [3.63, 3.8) is 0 Å². The number of anilines is 1. The lowest BCUT2D eigenvalue weighted by Gasteiger charge is -2.07. The molecule has 1 aliphatic rings. The zero-order valence-electron chi connectivity index (χ0n) is 12.4. The van der Waals surface area contributed by atoms with Crippen molar-refractivity contribution < 1.29 is 14.0 Å². The molecule has 0 atom stereocenters. The minimum Gasteiger partial charge on any atom is -0.469 e. The zero-order chi connectivity index (χ0) is 15.5. The second-order valence-electron chi connectivity index (χ2n) is 5.53. The van der Waals surface area contributed by atoms with E-state index in [1.165, 1.54) is 6.26 Å². The molecular formula is C17H18N2O3. The van der Waals surface area contributed by atoms with E-state index in [-0.39, 0.29) is 17.7 Å². The Morgan fingerprint density at radius 2 is 1.91 bits per heavy atom. The highest BCUT2D eigenvalue weighted by Gasteiger charge is 2.29. The third-order valence-electron chi connectivity index (χ3n) is 3.73. The molecule has 2 amide bonds. The average molecular weight is 298 g/mol. The molecule has 1 saturated carbocycles. The van der Waals surface area contributed by atoms with Gasteiger partial charge in [0.2, 0.25) is 5.91 Å². The second kappa shape index (κ2) is 6.05. The Kier molecular flexibility index (Phi) is 3.96. The van der Waals surface area contributed by atoms with Crippen molar-refractivity contribution in [2.75, 3.05) is 5.32 Å². The Hall–Kier alpha value is -2.56. The Bertz CT molecular complexity index is 684. The van der Waals surface area contributed by atoms with Gasteiger partial charge in [-0.15, -0.1) is 0 Å². The van der Waals surface area contributed by atoms with Crippen molar-refractivity contribution in [1.82, 2.24) is 5.32 Å². The number of rotatable bonds is 5. The Morgan fingerprint density at radius 1 is 1.18 bits per heavy atom. The minimum absolute atomic E-state index is 0.0940. The number of hydrogen-bond donors (Lipinski definition) is 2. The maximum atomic E-state index is 12.0. The van der Waals surface area contributed by atoms with Crippen LogP contribution in [0.4, 0.5) is 5.69 Å². The first-order valence-electron chi connectivity index (χ1n) is 7.35. The van der Waals surface area contributed by atoms with Crippen molar-refractivity contribution in [1.29, 1.82) is 0 Å². The molecule has 0 unspecified atom stereocenters. The fourth-order valence-corrected chi connectivity index (χ4v) is 2.19. The van der Waals surface area contributed by atoms with E-state index in [9.17, 15) is 9.59 Å². The van der Waals surface area contributed by atoms with Crippen molar-refractivity contribution in [3.05, 3.63) is 53.5 Å². The van der Waals surface area contributed by atoms with E-state index in [0.29, 0.717) is 17.9 Å². The second-order valence-corrected chi connectivity index (χ2v) is 5.53. The summed E-state index contributed by atoms with van der Waals surface area (Å²) in [5.74, 6) is 0.738. The Balaban J connectivity index is 1.53. The van der Waals surface area contributed by atoms with Crippen LogP contribution in [0.15, 0.2) is 41.0 Å². The van der Waals surface area contributed by atoms with Gasteiger partial charge in [-0.25, -0.2) is 0 Å². The topological polar surface area (TPSA) is 71.3 Å². The smallest absolute Gasteiger partial charge is 0.255 e. The fourth-order valence-electron chi connectivity index (χ4n) is 2.19. The molecule has 1 aliphatic carbocycles. The van der Waals surface area contributed by atoms with Gasteiger partial charge in [-0.3, -0.25) is 9.59 Å². The van der Waals surface area contributed by atoms with Crippen LogP contribution >= 0.6 is 0 Å². The number of hydrogen-bond acceptors (Lipinski definition) is 3. The van der Waals surface area contributed by atoms with Gasteiger partial charge in [0.05, 0.1) is 11.8 Å². The molecule has 0 radical (unpaired) electrons. The van der Waals surface area contributed by atoms with Gasteiger partial charge in [0.15, 0.2) is 0 Å². The number of carbonyl (C=O) groups excluding carboxylic acids is 2. The first-order valence-corrected chi connectivity index (χ1v) is 7.35. The van der Waals surface area contributed by atoms with E-state index in [0.717, 1.165) is 24.1 Å². The van der Waals surface area contributed by atoms with Crippen molar-refractivity contribution in [2.24, 2.45) is 5.92 Å². The first kappa shape index (κ1) is 14.4. The normalized spacial score (nSPS) is 13.7. The molecule has 0 saturated heterocycles. The first-order chi connectivity index (χ1) is 10.6. The average Bonchev–Trinajstić information content (AvgIpc) is 3.28. The monoisotopic (exact) mass is 298 g/mol. The van der Waals surface area contributed by atoms with Crippen LogP contribution in [0.3, 0.4) is 0 Å². The van der Waals surface area contributed by atoms with E-state index in [2.05, 4.69) is 10.6 Å². The van der Waals surface area contributed by atoms with Gasteiger partial charge in [-0.05, 0) is 43.5 Å². The van der Waals surface area contributed by atoms with Crippen LogP contribution in [0.25, 0.3) is 0 Å². The lowest BCUT2D eigenvalue weighted by molar-refractivity contribution is -0.117. The maximum absolute atomic E-state index is 12.0. The highest BCUT2D eigenvalue weighted by molar-refractivity contribution is 5.95. The zero-order valence-corrected chi connectivity index (χ0v) is 12.4. The summed E-state index contributed by atoms with van der Waals surface area (Å²) in [5.41, 5.74) is 2.31. The molecule has 5 nitrogen and oxygen atoms in total. The number of benzene rings is 1. The van der Waals surface area contributed by atoms with Crippen molar-refractivity contribution in [3.8, 4) is 0 Å². The highest BCUT2D eigenvalue weighted by Crippen LogP contribution is 2.30. The summed E-state index contributed by atoms with van der Waals surface area (Å²) in [6, 6.07) is 9.15. The van der Waals surface area contributed by atoms with Crippen LogP contribution in [0.1, 0.15) is 34.5 Å². The summed E-state index contributed by atoms with van der Waals surface area (Å²) < 4.78 is 5.11. The van der Waals surface area contributed by atoms with Crippen LogP contribution in [-0.2, 0) is 11.3 Å². The highest BCUT2D eigenvalue weighted by atomic mass is 16.3. The van der Waals surface area contributed by atoms with Crippen LogP contribution in [0, 0.1) is 12.8 Å². The maximum Gasteiger partial charge on any atom is 0.255 e. The van der Waals surface area contributed by atoms with E-state index in [4.69, 9.17) is 4.42 Å². The van der Waals surface area contributed by atoms with Crippen LogP contribution in [0.5, 0.6) is 0 Å². The molecule has 5 heteroatoms. The van der Waals surface area contributed by atoms with E-state index in [1.54, 1.807) is 13.0 Å².